The third-order valence-electron chi connectivity index (χ3n) is 1.95. The molecule has 0 aliphatic rings. The van der Waals surface area contributed by atoms with Crippen LogP contribution in [-0.4, -0.2) is 16.9 Å². The van der Waals surface area contributed by atoms with Crippen LogP contribution in [0.4, 0.5) is 0 Å². The molecule has 0 saturated carbocycles. The first-order chi connectivity index (χ1) is 6.99. The second kappa shape index (κ2) is 5.07. The molecule has 0 unspecified atom stereocenters. The number of halogens is 1. The molecule has 0 aliphatic carbocycles. The smallest absolute Gasteiger partial charge is 0.307 e. The van der Waals surface area contributed by atoms with Crippen LogP contribution in [0.3, 0.4) is 0 Å². The standard InChI is InChI=1S/C11H11BrO3/c1-7(13)4-8-2-3-10(12)5-9(8)6-11(14)15/h2-3,5H,4,6H2,1H3,(H,14,15). The molecule has 1 aromatic carbocycles. The van der Waals surface area contributed by atoms with Gasteiger partial charge < -0.3 is 5.11 Å². The van der Waals surface area contributed by atoms with Crippen LogP contribution in [0.25, 0.3) is 0 Å². The molecule has 3 nitrogen and oxygen atoms in total. The van der Waals surface area contributed by atoms with Crippen LogP contribution in [0, 0.1) is 0 Å². The Morgan fingerprint density at radius 2 is 1.93 bits per heavy atom. The fraction of sp³-hybridized carbons (Fsp3) is 0.273. The Balaban J connectivity index is 3.02. The Morgan fingerprint density at radius 3 is 2.47 bits per heavy atom. The van der Waals surface area contributed by atoms with E-state index in [1.165, 1.54) is 6.92 Å². The largest absolute Gasteiger partial charge is 0.481 e. The van der Waals surface area contributed by atoms with E-state index in [9.17, 15) is 9.59 Å². The van der Waals surface area contributed by atoms with Gasteiger partial charge in [-0.2, -0.15) is 0 Å². The molecule has 0 radical (unpaired) electrons. The van der Waals surface area contributed by atoms with Gasteiger partial charge in [-0.25, -0.2) is 0 Å². The summed E-state index contributed by atoms with van der Waals surface area (Å²) >= 11 is 3.27. The number of carbonyl (C=O) groups is 2. The summed E-state index contributed by atoms with van der Waals surface area (Å²) in [6.45, 7) is 1.49. The van der Waals surface area contributed by atoms with Gasteiger partial charge in [0.2, 0.25) is 0 Å². The molecule has 4 heteroatoms. The molecule has 1 rings (SSSR count). The molecule has 1 aromatic rings. The van der Waals surface area contributed by atoms with Gasteiger partial charge in [-0.1, -0.05) is 22.0 Å². The number of hydrogen-bond donors (Lipinski definition) is 1. The highest BCUT2D eigenvalue weighted by Crippen LogP contribution is 2.18. The summed E-state index contributed by atoms with van der Waals surface area (Å²) < 4.78 is 0.825. The zero-order chi connectivity index (χ0) is 11.4. The molecule has 0 atom stereocenters. The third kappa shape index (κ3) is 3.83. The lowest BCUT2D eigenvalue weighted by atomic mass is 10.0. The minimum atomic E-state index is -0.891. The van der Waals surface area contributed by atoms with Crippen LogP contribution in [0.2, 0.25) is 0 Å². The van der Waals surface area contributed by atoms with E-state index < -0.39 is 5.97 Å². The average molecular weight is 271 g/mol. The van der Waals surface area contributed by atoms with Gasteiger partial charge >= 0.3 is 5.97 Å². The number of benzene rings is 1. The number of rotatable bonds is 4. The first-order valence-electron chi connectivity index (χ1n) is 4.47. The molecule has 80 valence electrons. The van der Waals surface area contributed by atoms with E-state index in [1.807, 2.05) is 6.07 Å². The molecule has 0 saturated heterocycles. The highest BCUT2D eigenvalue weighted by molar-refractivity contribution is 9.10. The summed E-state index contributed by atoms with van der Waals surface area (Å²) in [6.07, 6.45) is 0.234. The first-order valence-corrected chi connectivity index (χ1v) is 5.27. The second-order valence-electron chi connectivity index (χ2n) is 3.36. The quantitative estimate of drug-likeness (QED) is 0.913. The van der Waals surface area contributed by atoms with Gasteiger partial charge in [0.15, 0.2) is 0 Å². The van der Waals surface area contributed by atoms with Gasteiger partial charge in [0.1, 0.15) is 5.78 Å². The first kappa shape index (κ1) is 11.9. The molecule has 0 aliphatic heterocycles. The van der Waals surface area contributed by atoms with E-state index >= 15 is 0 Å². The van der Waals surface area contributed by atoms with Crippen molar-refractivity contribution < 1.29 is 14.7 Å². The maximum absolute atomic E-state index is 11.0. The van der Waals surface area contributed by atoms with E-state index in [1.54, 1.807) is 12.1 Å². The molecule has 15 heavy (non-hydrogen) atoms. The van der Waals surface area contributed by atoms with Crippen molar-refractivity contribution in [1.82, 2.24) is 0 Å². The van der Waals surface area contributed by atoms with E-state index in [-0.39, 0.29) is 18.6 Å². The maximum atomic E-state index is 11.0. The van der Waals surface area contributed by atoms with E-state index in [0.29, 0.717) is 5.56 Å². The molecular weight excluding hydrogens is 260 g/mol. The predicted molar refractivity (Wildman–Crippen MR) is 59.9 cm³/mol. The topological polar surface area (TPSA) is 54.4 Å². The van der Waals surface area contributed by atoms with E-state index in [2.05, 4.69) is 15.9 Å². The molecule has 0 bridgehead atoms. The Morgan fingerprint density at radius 1 is 1.27 bits per heavy atom. The molecule has 1 N–H and O–H groups in total. The Kier molecular flexibility index (Phi) is 4.03. The summed E-state index contributed by atoms with van der Waals surface area (Å²) in [6, 6.07) is 5.33. The second-order valence-corrected chi connectivity index (χ2v) is 4.28. The summed E-state index contributed by atoms with van der Waals surface area (Å²) in [4.78, 5) is 21.6. The zero-order valence-electron chi connectivity index (χ0n) is 8.29. The number of aliphatic carboxylic acids is 1. The number of hydrogen-bond acceptors (Lipinski definition) is 2. The predicted octanol–water partition coefficient (Wildman–Crippen LogP) is 2.21. The molecule has 0 heterocycles. The molecule has 0 fully saturated rings. The lowest BCUT2D eigenvalue weighted by Gasteiger charge is -2.06. The Labute approximate surface area is 96.2 Å². The molecular formula is C11H11BrO3. The lowest BCUT2D eigenvalue weighted by molar-refractivity contribution is -0.136. The summed E-state index contributed by atoms with van der Waals surface area (Å²) in [5.41, 5.74) is 1.47. The monoisotopic (exact) mass is 270 g/mol. The van der Waals surface area contributed by atoms with Crippen molar-refractivity contribution in [2.45, 2.75) is 19.8 Å². The van der Waals surface area contributed by atoms with Gasteiger partial charge in [0.25, 0.3) is 0 Å². The highest BCUT2D eigenvalue weighted by Gasteiger charge is 2.09. The summed E-state index contributed by atoms with van der Waals surface area (Å²) in [5, 5.41) is 8.72. The Hall–Kier alpha value is -1.16. The summed E-state index contributed by atoms with van der Waals surface area (Å²) in [7, 11) is 0. The number of carboxylic acid groups (broad SMARTS) is 1. The van der Waals surface area contributed by atoms with Crippen molar-refractivity contribution in [2.75, 3.05) is 0 Å². The third-order valence-corrected chi connectivity index (χ3v) is 2.44. The van der Waals surface area contributed by atoms with Crippen LogP contribution in [0.5, 0.6) is 0 Å². The van der Waals surface area contributed by atoms with Crippen molar-refractivity contribution in [3.63, 3.8) is 0 Å². The zero-order valence-corrected chi connectivity index (χ0v) is 9.87. The molecule has 0 spiro atoms. The van der Waals surface area contributed by atoms with Gasteiger partial charge in [0, 0.05) is 10.9 Å². The minimum Gasteiger partial charge on any atom is -0.481 e. The summed E-state index contributed by atoms with van der Waals surface area (Å²) in [5.74, 6) is -0.859. The van der Waals surface area contributed by atoms with Crippen molar-refractivity contribution in [3.05, 3.63) is 33.8 Å². The number of Topliss-reactive ketones (excluding diaryl/α,β-unsaturated/α-hetero) is 1. The van der Waals surface area contributed by atoms with Crippen molar-refractivity contribution in [1.29, 1.82) is 0 Å². The Bertz CT molecular complexity index is 399. The van der Waals surface area contributed by atoms with E-state index in [0.717, 1.165) is 10.0 Å². The van der Waals surface area contributed by atoms with E-state index in [4.69, 9.17) is 5.11 Å². The van der Waals surface area contributed by atoms with Gasteiger partial charge in [-0.05, 0) is 30.2 Å². The average Bonchev–Trinajstić information content (AvgIpc) is 2.08. The van der Waals surface area contributed by atoms with Crippen LogP contribution < -0.4 is 0 Å². The number of carbonyl (C=O) groups excluding carboxylic acids is 1. The highest BCUT2D eigenvalue weighted by atomic mass is 79.9. The molecule has 0 aromatic heterocycles. The van der Waals surface area contributed by atoms with Crippen molar-refractivity contribution in [2.24, 2.45) is 0 Å². The normalized spacial score (nSPS) is 10.0. The van der Waals surface area contributed by atoms with Crippen molar-refractivity contribution >= 4 is 27.7 Å². The van der Waals surface area contributed by atoms with Gasteiger partial charge in [-0.15, -0.1) is 0 Å². The number of carboxylic acids is 1. The lowest BCUT2D eigenvalue weighted by Crippen LogP contribution is -2.06. The van der Waals surface area contributed by atoms with Crippen LogP contribution in [-0.2, 0) is 22.4 Å². The maximum Gasteiger partial charge on any atom is 0.307 e. The van der Waals surface area contributed by atoms with Gasteiger partial charge in [0.05, 0.1) is 6.42 Å². The minimum absolute atomic E-state index is 0.0314. The fourth-order valence-electron chi connectivity index (χ4n) is 1.36. The fourth-order valence-corrected chi connectivity index (χ4v) is 1.77. The SMILES string of the molecule is CC(=O)Cc1ccc(Br)cc1CC(=O)O. The van der Waals surface area contributed by atoms with Crippen LogP contribution in [0.1, 0.15) is 18.1 Å². The number of ketones is 1. The molecule has 0 amide bonds. The van der Waals surface area contributed by atoms with Crippen LogP contribution in [0.15, 0.2) is 22.7 Å². The van der Waals surface area contributed by atoms with Gasteiger partial charge in [-0.3, -0.25) is 9.59 Å². The van der Waals surface area contributed by atoms with Crippen LogP contribution >= 0.6 is 15.9 Å². The van der Waals surface area contributed by atoms with Crippen molar-refractivity contribution in [3.8, 4) is 0 Å².